The van der Waals surface area contributed by atoms with Crippen LogP contribution in [0, 0.1) is 13.8 Å². The van der Waals surface area contributed by atoms with Crippen LogP contribution < -0.4 is 14.2 Å². The second-order valence-corrected chi connectivity index (χ2v) is 9.99. The Morgan fingerprint density at radius 3 is 2.33 bits per heavy atom. The monoisotopic (exact) mass is 519 g/mol. The van der Waals surface area contributed by atoms with Gasteiger partial charge in [0.2, 0.25) is 0 Å². The third-order valence-corrected chi connectivity index (χ3v) is 7.00. The van der Waals surface area contributed by atoms with Gasteiger partial charge in [-0.15, -0.1) is 0 Å². The second kappa shape index (κ2) is 12.1. The van der Waals surface area contributed by atoms with Crippen molar-refractivity contribution in [1.82, 2.24) is 4.90 Å². The van der Waals surface area contributed by atoms with Gasteiger partial charge in [-0.2, -0.15) is 0 Å². The highest BCUT2D eigenvalue weighted by Gasteiger charge is 2.32. The minimum atomic E-state index is -0.0872. The molecule has 1 saturated heterocycles. The Morgan fingerprint density at radius 2 is 1.61 bits per heavy atom. The molecule has 0 unspecified atom stereocenters. The highest BCUT2D eigenvalue weighted by atomic mass is 32.2. The van der Waals surface area contributed by atoms with Gasteiger partial charge in [-0.25, -0.2) is 0 Å². The van der Waals surface area contributed by atoms with Crippen LogP contribution in [0.15, 0.2) is 71.6 Å². The molecule has 3 aromatic carbocycles. The van der Waals surface area contributed by atoms with E-state index in [-0.39, 0.29) is 5.91 Å². The number of hydrogen-bond donors (Lipinski definition) is 0. The Labute approximate surface area is 222 Å². The number of carbonyl (C=O) groups is 1. The first-order chi connectivity index (χ1) is 17.5. The van der Waals surface area contributed by atoms with Crippen molar-refractivity contribution in [3.63, 3.8) is 0 Å². The number of ether oxygens (including phenoxy) is 3. The minimum absolute atomic E-state index is 0.0872. The molecule has 0 N–H and O–H groups in total. The quantitative estimate of drug-likeness (QED) is 0.172. The first kappa shape index (κ1) is 25.8. The van der Waals surface area contributed by atoms with Crippen LogP contribution in [0.3, 0.4) is 0 Å². The number of thioether (sulfide) groups is 1. The molecule has 1 heterocycles. The van der Waals surface area contributed by atoms with Gasteiger partial charge in [0.25, 0.3) is 5.91 Å². The van der Waals surface area contributed by atoms with Gasteiger partial charge >= 0.3 is 0 Å². The summed E-state index contributed by atoms with van der Waals surface area (Å²) in [4.78, 5) is 15.2. The lowest BCUT2D eigenvalue weighted by molar-refractivity contribution is -0.122. The molecule has 7 heteroatoms. The number of para-hydroxylation sites is 1. The predicted molar refractivity (Wildman–Crippen MR) is 150 cm³/mol. The predicted octanol–water partition coefficient (Wildman–Crippen LogP) is 6.56. The van der Waals surface area contributed by atoms with Crippen molar-refractivity contribution in [2.45, 2.75) is 27.3 Å². The highest BCUT2D eigenvalue weighted by Crippen LogP contribution is 2.35. The summed E-state index contributed by atoms with van der Waals surface area (Å²) in [5.41, 5.74) is 4.08. The maximum absolute atomic E-state index is 13.0. The molecule has 4 rings (SSSR count). The van der Waals surface area contributed by atoms with Crippen molar-refractivity contribution < 1.29 is 19.0 Å². The van der Waals surface area contributed by atoms with E-state index in [4.69, 9.17) is 26.4 Å². The number of amides is 1. The summed E-state index contributed by atoms with van der Waals surface area (Å²) in [6.45, 7) is 7.75. The Morgan fingerprint density at radius 1 is 0.889 bits per heavy atom. The van der Waals surface area contributed by atoms with E-state index in [1.165, 1.54) is 11.8 Å². The topological polar surface area (TPSA) is 48.0 Å². The zero-order valence-corrected chi connectivity index (χ0v) is 22.3. The van der Waals surface area contributed by atoms with E-state index in [0.717, 1.165) is 28.0 Å². The molecule has 1 aliphatic heterocycles. The Kier molecular flexibility index (Phi) is 8.67. The smallest absolute Gasteiger partial charge is 0.266 e. The van der Waals surface area contributed by atoms with E-state index < -0.39 is 0 Å². The SMILES string of the molecule is CCOc1cc(C=C2SC(=S)N(Cc3ccccc3)C2=O)ccc1OCCOc1c(C)cccc1C. The summed E-state index contributed by atoms with van der Waals surface area (Å²) in [7, 11) is 0. The molecule has 0 saturated carbocycles. The Balaban J connectivity index is 1.42. The normalized spacial score (nSPS) is 14.4. The van der Waals surface area contributed by atoms with Crippen LogP contribution in [0.25, 0.3) is 6.08 Å². The fourth-order valence-corrected chi connectivity index (χ4v) is 5.13. The summed E-state index contributed by atoms with van der Waals surface area (Å²) >= 11 is 6.80. The number of nitrogens with zero attached hydrogens (tertiary/aromatic N) is 1. The number of carbonyl (C=O) groups excluding carboxylic acids is 1. The lowest BCUT2D eigenvalue weighted by Gasteiger charge is -2.15. The van der Waals surface area contributed by atoms with E-state index in [1.54, 1.807) is 4.90 Å². The van der Waals surface area contributed by atoms with E-state index in [0.29, 0.717) is 47.1 Å². The van der Waals surface area contributed by atoms with Crippen molar-refractivity contribution in [1.29, 1.82) is 0 Å². The molecule has 0 aromatic heterocycles. The molecule has 186 valence electrons. The average Bonchev–Trinajstić information content (AvgIpc) is 3.12. The molecule has 1 aliphatic rings. The van der Waals surface area contributed by atoms with Crippen molar-refractivity contribution in [3.8, 4) is 17.2 Å². The zero-order valence-electron chi connectivity index (χ0n) is 20.7. The third kappa shape index (κ3) is 6.28. The van der Waals surface area contributed by atoms with E-state index in [1.807, 2.05) is 93.6 Å². The van der Waals surface area contributed by atoms with Crippen molar-refractivity contribution in [2.75, 3.05) is 19.8 Å². The molecule has 0 spiro atoms. The maximum atomic E-state index is 13.0. The number of aryl methyl sites for hydroxylation is 2. The van der Waals surface area contributed by atoms with Gasteiger partial charge in [0, 0.05) is 0 Å². The zero-order chi connectivity index (χ0) is 25.5. The van der Waals surface area contributed by atoms with Crippen LogP contribution in [0.4, 0.5) is 0 Å². The van der Waals surface area contributed by atoms with Crippen LogP contribution in [0.2, 0.25) is 0 Å². The standard InChI is InChI=1S/C29H29NO4S2/c1-4-32-25-17-23(13-14-24(25)33-15-16-34-27-20(2)9-8-10-21(27)3)18-26-28(31)30(29(35)36-26)19-22-11-6-5-7-12-22/h5-14,17-18H,4,15-16,19H2,1-3H3. The molecule has 5 nitrogen and oxygen atoms in total. The van der Waals surface area contributed by atoms with Gasteiger partial charge in [0.15, 0.2) is 11.5 Å². The lowest BCUT2D eigenvalue weighted by atomic mass is 10.1. The summed E-state index contributed by atoms with van der Waals surface area (Å²) in [5.74, 6) is 2.07. The summed E-state index contributed by atoms with van der Waals surface area (Å²) < 4.78 is 18.3. The van der Waals surface area contributed by atoms with E-state index in [9.17, 15) is 4.79 Å². The third-order valence-electron chi connectivity index (χ3n) is 5.62. The molecular weight excluding hydrogens is 490 g/mol. The molecular formula is C29H29NO4S2. The van der Waals surface area contributed by atoms with E-state index in [2.05, 4.69) is 0 Å². The molecule has 3 aromatic rings. The van der Waals surface area contributed by atoms with Crippen LogP contribution >= 0.6 is 24.0 Å². The fourth-order valence-electron chi connectivity index (χ4n) is 3.88. The summed E-state index contributed by atoms with van der Waals surface area (Å²) in [5, 5.41) is 0. The first-order valence-corrected chi connectivity index (χ1v) is 13.1. The Hall–Kier alpha value is -3.29. The highest BCUT2D eigenvalue weighted by molar-refractivity contribution is 8.26. The largest absolute Gasteiger partial charge is 0.490 e. The van der Waals surface area contributed by atoms with Crippen LogP contribution in [0.1, 0.15) is 29.2 Å². The van der Waals surface area contributed by atoms with Gasteiger partial charge in [-0.3, -0.25) is 9.69 Å². The fraction of sp³-hybridized carbons (Fsp3) is 0.241. The van der Waals surface area contributed by atoms with Crippen molar-refractivity contribution in [3.05, 3.63) is 93.9 Å². The number of thiocarbonyl (C=S) groups is 1. The molecule has 36 heavy (non-hydrogen) atoms. The minimum Gasteiger partial charge on any atom is -0.490 e. The Bertz CT molecular complexity index is 1250. The van der Waals surface area contributed by atoms with Crippen molar-refractivity contribution in [2.24, 2.45) is 0 Å². The van der Waals surface area contributed by atoms with Gasteiger partial charge < -0.3 is 14.2 Å². The number of rotatable bonds is 10. The van der Waals surface area contributed by atoms with Gasteiger partial charge in [-0.1, -0.05) is 78.6 Å². The average molecular weight is 520 g/mol. The van der Waals surface area contributed by atoms with Crippen LogP contribution in [-0.4, -0.2) is 34.9 Å². The lowest BCUT2D eigenvalue weighted by Crippen LogP contribution is -2.27. The molecule has 0 atom stereocenters. The molecule has 0 radical (unpaired) electrons. The maximum Gasteiger partial charge on any atom is 0.266 e. The molecule has 1 fully saturated rings. The number of hydrogen-bond acceptors (Lipinski definition) is 6. The van der Waals surface area contributed by atoms with Crippen LogP contribution in [0.5, 0.6) is 17.2 Å². The summed E-state index contributed by atoms with van der Waals surface area (Å²) in [6, 6.07) is 21.6. The van der Waals surface area contributed by atoms with Crippen molar-refractivity contribution >= 4 is 40.3 Å². The van der Waals surface area contributed by atoms with Gasteiger partial charge in [0.05, 0.1) is 18.1 Å². The van der Waals surface area contributed by atoms with Crippen LogP contribution in [-0.2, 0) is 11.3 Å². The van der Waals surface area contributed by atoms with Gasteiger partial charge in [0.1, 0.15) is 23.3 Å². The van der Waals surface area contributed by atoms with E-state index >= 15 is 0 Å². The first-order valence-electron chi connectivity index (χ1n) is 11.8. The molecule has 0 bridgehead atoms. The molecule has 0 aliphatic carbocycles. The summed E-state index contributed by atoms with van der Waals surface area (Å²) in [6.07, 6.45) is 1.85. The second-order valence-electron chi connectivity index (χ2n) is 8.31. The molecule has 1 amide bonds. The number of benzene rings is 3. The van der Waals surface area contributed by atoms with Gasteiger partial charge in [-0.05, 0) is 61.2 Å².